The van der Waals surface area contributed by atoms with E-state index in [1.165, 1.54) is 11.3 Å². The second-order valence-corrected chi connectivity index (χ2v) is 8.75. The molecule has 134 valence electrons. The number of thiazole rings is 1. The molecule has 3 aromatic rings. The third-order valence-corrected chi connectivity index (χ3v) is 6.74. The molecule has 6 nitrogen and oxygen atoms in total. The number of aryl methyl sites for hydroxylation is 1. The second kappa shape index (κ2) is 5.89. The van der Waals surface area contributed by atoms with Crippen molar-refractivity contribution < 1.29 is 4.79 Å². The first-order chi connectivity index (χ1) is 12.6. The molecule has 0 radical (unpaired) electrons. The fourth-order valence-corrected chi connectivity index (χ4v) is 5.16. The molecule has 1 amide bonds. The summed E-state index contributed by atoms with van der Waals surface area (Å²) in [6.45, 7) is 3.12. The van der Waals surface area contributed by atoms with Gasteiger partial charge in [0.05, 0.1) is 5.52 Å². The van der Waals surface area contributed by atoms with Crippen LogP contribution in [0.3, 0.4) is 0 Å². The lowest BCUT2D eigenvalue weighted by Gasteiger charge is -2.28. The highest BCUT2D eigenvalue weighted by atomic mass is 32.1. The van der Waals surface area contributed by atoms with Crippen molar-refractivity contribution in [3.8, 4) is 10.6 Å². The summed E-state index contributed by atoms with van der Waals surface area (Å²) in [5, 5.41) is 12.3. The summed E-state index contributed by atoms with van der Waals surface area (Å²) >= 11 is 1.65. The van der Waals surface area contributed by atoms with Crippen molar-refractivity contribution in [1.82, 2.24) is 25.4 Å². The Morgan fingerprint density at radius 1 is 1.38 bits per heavy atom. The lowest BCUT2D eigenvalue weighted by molar-refractivity contribution is 0.0909. The Hall–Kier alpha value is -2.25. The molecule has 7 heteroatoms. The van der Waals surface area contributed by atoms with Gasteiger partial charge in [0, 0.05) is 40.7 Å². The molecule has 2 aliphatic rings. The highest BCUT2D eigenvalue weighted by Gasteiger charge is 2.43. The Bertz CT molecular complexity index is 991. The van der Waals surface area contributed by atoms with E-state index in [-0.39, 0.29) is 11.9 Å². The molecule has 0 spiro atoms. The molecule has 1 aliphatic heterocycles. The molecule has 3 atom stereocenters. The fraction of sp³-hybridized carbons (Fsp3) is 0.421. The van der Waals surface area contributed by atoms with Gasteiger partial charge in [-0.2, -0.15) is 5.10 Å². The summed E-state index contributed by atoms with van der Waals surface area (Å²) in [6.07, 6.45) is 4.11. The van der Waals surface area contributed by atoms with Gasteiger partial charge in [0.15, 0.2) is 5.69 Å². The summed E-state index contributed by atoms with van der Waals surface area (Å²) in [7, 11) is 2.17. The SMILES string of the molecule is Cc1cnc(-c2ccc3[nH]nc(C(=O)NC4CC5CC4CN5C)c3c2)s1. The number of carbonyl (C=O) groups excluding carboxylic acids is 1. The maximum Gasteiger partial charge on any atom is 0.272 e. The fourth-order valence-electron chi connectivity index (χ4n) is 4.40. The van der Waals surface area contributed by atoms with Gasteiger partial charge in [-0.15, -0.1) is 11.3 Å². The predicted molar refractivity (Wildman–Crippen MR) is 102 cm³/mol. The third kappa shape index (κ3) is 2.54. The average molecular weight is 367 g/mol. The zero-order valence-electron chi connectivity index (χ0n) is 14.8. The van der Waals surface area contributed by atoms with Crippen molar-refractivity contribution in [3.05, 3.63) is 35.0 Å². The van der Waals surface area contributed by atoms with E-state index in [1.807, 2.05) is 31.3 Å². The van der Waals surface area contributed by atoms with Crippen molar-refractivity contribution in [2.75, 3.05) is 13.6 Å². The van der Waals surface area contributed by atoms with Crippen LogP contribution >= 0.6 is 11.3 Å². The van der Waals surface area contributed by atoms with E-state index in [9.17, 15) is 4.79 Å². The number of carbonyl (C=O) groups is 1. The van der Waals surface area contributed by atoms with Gasteiger partial charge in [-0.3, -0.25) is 9.89 Å². The van der Waals surface area contributed by atoms with Crippen molar-refractivity contribution in [1.29, 1.82) is 0 Å². The Balaban J connectivity index is 1.42. The number of fused-ring (bicyclic) bond motifs is 3. The van der Waals surface area contributed by atoms with Crippen molar-refractivity contribution in [2.45, 2.75) is 31.8 Å². The second-order valence-electron chi connectivity index (χ2n) is 7.51. The van der Waals surface area contributed by atoms with Gasteiger partial charge in [0.25, 0.3) is 5.91 Å². The normalized spacial score (nSPS) is 25.2. The molecular formula is C19H21N5OS. The minimum absolute atomic E-state index is 0.0797. The maximum absolute atomic E-state index is 12.9. The van der Waals surface area contributed by atoms with Crippen LogP contribution < -0.4 is 5.32 Å². The number of likely N-dealkylation sites (tertiary alicyclic amines) is 1. The highest BCUT2D eigenvalue weighted by molar-refractivity contribution is 7.14. The van der Waals surface area contributed by atoms with Crippen molar-refractivity contribution >= 4 is 28.1 Å². The van der Waals surface area contributed by atoms with Crippen molar-refractivity contribution in [2.24, 2.45) is 5.92 Å². The van der Waals surface area contributed by atoms with E-state index in [4.69, 9.17) is 0 Å². The minimum Gasteiger partial charge on any atom is -0.348 e. The van der Waals surface area contributed by atoms with Crippen LogP contribution in [0.5, 0.6) is 0 Å². The molecule has 5 rings (SSSR count). The number of aromatic amines is 1. The van der Waals surface area contributed by atoms with Gasteiger partial charge in [0.1, 0.15) is 5.01 Å². The maximum atomic E-state index is 12.9. The number of nitrogens with one attached hydrogen (secondary N) is 2. The zero-order chi connectivity index (χ0) is 17.8. The molecule has 26 heavy (non-hydrogen) atoms. The quantitative estimate of drug-likeness (QED) is 0.747. The van der Waals surface area contributed by atoms with Gasteiger partial charge < -0.3 is 10.2 Å². The van der Waals surface area contributed by atoms with Crippen LogP contribution in [-0.2, 0) is 0 Å². The monoisotopic (exact) mass is 367 g/mol. The van der Waals surface area contributed by atoms with Crippen LogP contribution in [0.4, 0.5) is 0 Å². The van der Waals surface area contributed by atoms with E-state index >= 15 is 0 Å². The summed E-state index contributed by atoms with van der Waals surface area (Å²) in [5.74, 6) is 0.483. The first-order valence-corrected chi connectivity index (χ1v) is 9.82. The Morgan fingerprint density at radius 3 is 2.96 bits per heavy atom. The molecule has 2 fully saturated rings. The molecule has 2 N–H and O–H groups in total. The van der Waals surface area contributed by atoms with Gasteiger partial charge in [0.2, 0.25) is 0 Å². The first kappa shape index (κ1) is 16.0. The number of hydrogen-bond donors (Lipinski definition) is 2. The van der Waals surface area contributed by atoms with Crippen LogP contribution in [0.15, 0.2) is 24.4 Å². The topological polar surface area (TPSA) is 73.9 Å². The lowest BCUT2D eigenvalue weighted by atomic mass is 10.0. The number of piperidine rings is 1. The number of aromatic nitrogens is 3. The lowest BCUT2D eigenvalue weighted by Crippen LogP contribution is -2.44. The van der Waals surface area contributed by atoms with E-state index in [2.05, 4.69) is 32.4 Å². The molecule has 3 unspecified atom stereocenters. The molecular weight excluding hydrogens is 346 g/mol. The average Bonchev–Trinajstić information content (AvgIpc) is 3.37. The summed E-state index contributed by atoms with van der Waals surface area (Å²) in [4.78, 5) is 20.9. The van der Waals surface area contributed by atoms with Crippen LogP contribution in [0.2, 0.25) is 0 Å². The number of nitrogens with zero attached hydrogens (tertiary/aromatic N) is 3. The predicted octanol–water partition coefficient (Wildman–Crippen LogP) is 2.82. The van der Waals surface area contributed by atoms with Gasteiger partial charge in [-0.25, -0.2) is 4.98 Å². The standard InChI is InChI=1S/C19H21N5OS/c1-10-8-20-19(26-10)11-3-4-15-14(6-11)17(23-22-15)18(25)21-16-7-13-5-12(16)9-24(13)2/h3-4,6,8,12-13,16H,5,7,9H2,1-2H3,(H,21,25)(H,22,23). The molecule has 1 aromatic carbocycles. The number of benzene rings is 1. The van der Waals surface area contributed by atoms with Crippen LogP contribution in [0.1, 0.15) is 28.2 Å². The molecule has 2 aromatic heterocycles. The molecule has 1 saturated heterocycles. The minimum atomic E-state index is -0.0797. The van der Waals surface area contributed by atoms with Crippen LogP contribution in [-0.4, -0.2) is 51.7 Å². The van der Waals surface area contributed by atoms with Crippen molar-refractivity contribution in [3.63, 3.8) is 0 Å². The smallest absolute Gasteiger partial charge is 0.272 e. The van der Waals surface area contributed by atoms with Crippen LogP contribution in [0.25, 0.3) is 21.5 Å². The Kier molecular flexibility index (Phi) is 3.62. The molecule has 1 aliphatic carbocycles. The molecule has 2 bridgehead atoms. The van der Waals surface area contributed by atoms with E-state index in [1.54, 1.807) is 11.3 Å². The number of H-pyrrole nitrogens is 1. The number of rotatable bonds is 3. The Morgan fingerprint density at radius 2 is 2.27 bits per heavy atom. The van der Waals surface area contributed by atoms with Gasteiger partial charge in [-0.05, 0) is 50.9 Å². The number of amides is 1. The summed E-state index contributed by atoms with van der Waals surface area (Å²) in [6, 6.07) is 6.88. The molecule has 3 heterocycles. The van der Waals surface area contributed by atoms with E-state index in [0.717, 1.165) is 34.4 Å². The Labute approximate surface area is 155 Å². The summed E-state index contributed by atoms with van der Waals surface area (Å²) in [5.41, 5.74) is 2.37. The van der Waals surface area contributed by atoms with Gasteiger partial charge >= 0.3 is 0 Å². The van der Waals surface area contributed by atoms with Crippen LogP contribution in [0, 0.1) is 12.8 Å². The largest absolute Gasteiger partial charge is 0.348 e. The zero-order valence-corrected chi connectivity index (χ0v) is 15.6. The van der Waals surface area contributed by atoms with Gasteiger partial charge in [-0.1, -0.05) is 0 Å². The number of hydrogen-bond acceptors (Lipinski definition) is 5. The molecule has 1 saturated carbocycles. The van der Waals surface area contributed by atoms with E-state index < -0.39 is 0 Å². The first-order valence-electron chi connectivity index (χ1n) is 9.00. The van der Waals surface area contributed by atoms with E-state index in [0.29, 0.717) is 17.7 Å². The third-order valence-electron chi connectivity index (χ3n) is 5.78. The summed E-state index contributed by atoms with van der Waals surface area (Å²) < 4.78 is 0. The highest BCUT2D eigenvalue weighted by Crippen LogP contribution is 2.37.